The van der Waals surface area contributed by atoms with E-state index in [1.165, 1.54) is 0 Å². The number of hydrogen-bond donors (Lipinski definition) is 1. The molecule has 2 N–H and O–H groups in total. The smallest absolute Gasteiger partial charge is 0.0717 e. The van der Waals surface area contributed by atoms with Crippen LogP contribution in [0.4, 0.5) is 0 Å². The van der Waals surface area contributed by atoms with Crippen molar-refractivity contribution in [1.29, 1.82) is 0 Å². The Balaban J connectivity index is 1.72. The molecule has 138 valence electrons. The molecule has 0 atom stereocenters. The maximum Gasteiger partial charge on any atom is 0.0717 e. The monoisotopic (exact) mass is 351 g/mol. The average Bonchev–Trinajstić information content (AvgIpc) is 2.69. The van der Waals surface area contributed by atoms with Crippen LogP contribution < -0.4 is 5.73 Å². The van der Waals surface area contributed by atoms with Crippen molar-refractivity contribution in [3.8, 4) is 0 Å². The summed E-state index contributed by atoms with van der Waals surface area (Å²) in [6.45, 7) is 10.7. The lowest BCUT2D eigenvalue weighted by Crippen LogP contribution is -2.20. The van der Waals surface area contributed by atoms with Crippen molar-refractivity contribution in [3.63, 3.8) is 0 Å². The van der Waals surface area contributed by atoms with Gasteiger partial charge in [-0.2, -0.15) is 0 Å². The van der Waals surface area contributed by atoms with Crippen molar-refractivity contribution in [1.82, 2.24) is 0 Å². The predicted octanol–water partition coefficient (Wildman–Crippen LogP) is 4.67. The Morgan fingerprint density at radius 1 is 0.769 bits per heavy atom. The highest BCUT2D eigenvalue weighted by Gasteiger charge is 2.09. The molecule has 0 saturated heterocycles. The molecule has 3 heteroatoms. The highest BCUT2D eigenvalue weighted by Crippen LogP contribution is 2.11. The van der Waals surface area contributed by atoms with Crippen LogP contribution in [0.2, 0.25) is 0 Å². The first-order valence-electron chi connectivity index (χ1n) is 9.03. The van der Waals surface area contributed by atoms with Crippen LogP contribution in [0.5, 0.6) is 0 Å². The third kappa shape index (κ3) is 6.96. The van der Waals surface area contributed by atoms with Gasteiger partial charge in [-0.05, 0) is 35.2 Å². The van der Waals surface area contributed by atoms with Gasteiger partial charge in [0.2, 0.25) is 0 Å². The quantitative estimate of drug-likeness (QED) is 0.604. The first kappa shape index (κ1) is 20.1. The minimum Gasteiger partial charge on any atom is -0.376 e. The van der Waals surface area contributed by atoms with Gasteiger partial charge in [-0.3, -0.25) is 0 Å². The standard InChI is InChI=1S/C23H29NO2/c1-3-19-5-9-21(10-6-19)15-25-17-23(13-14-24)18-26-16-22-11-7-20(4-2)8-12-22/h3-12,23H,1-2,13-18,24H2. The summed E-state index contributed by atoms with van der Waals surface area (Å²) in [5.41, 5.74) is 10.3. The van der Waals surface area contributed by atoms with E-state index in [0.29, 0.717) is 38.9 Å². The Kier molecular flexibility index (Phi) is 8.84. The Labute approximate surface area is 157 Å². The van der Waals surface area contributed by atoms with E-state index >= 15 is 0 Å². The summed E-state index contributed by atoms with van der Waals surface area (Å²) in [6, 6.07) is 16.5. The minimum atomic E-state index is 0.305. The lowest BCUT2D eigenvalue weighted by atomic mass is 10.1. The second-order valence-electron chi connectivity index (χ2n) is 6.37. The average molecular weight is 351 g/mol. The second kappa shape index (κ2) is 11.4. The van der Waals surface area contributed by atoms with Crippen LogP contribution in [-0.4, -0.2) is 19.8 Å². The molecule has 3 nitrogen and oxygen atoms in total. The summed E-state index contributed by atoms with van der Waals surface area (Å²) in [5.74, 6) is 0.305. The third-order valence-corrected chi connectivity index (χ3v) is 4.25. The van der Waals surface area contributed by atoms with E-state index < -0.39 is 0 Å². The van der Waals surface area contributed by atoms with Gasteiger partial charge in [0.15, 0.2) is 0 Å². The molecule has 0 fully saturated rings. The van der Waals surface area contributed by atoms with Gasteiger partial charge in [-0.15, -0.1) is 0 Å². The highest BCUT2D eigenvalue weighted by molar-refractivity contribution is 5.47. The molecule has 2 rings (SSSR count). The van der Waals surface area contributed by atoms with Crippen LogP contribution in [0, 0.1) is 5.92 Å². The fourth-order valence-electron chi connectivity index (χ4n) is 2.64. The molecule has 0 unspecified atom stereocenters. The van der Waals surface area contributed by atoms with E-state index in [1.54, 1.807) is 0 Å². The Morgan fingerprint density at radius 3 is 1.54 bits per heavy atom. The molecule has 0 aromatic heterocycles. The van der Waals surface area contributed by atoms with E-state index in [4.69, 9.17) is 15.2 Å². The van der Waals surface area contributed by atoms with E-state index in [-0.39, 0.29) is 0 Å². The fourth-order valence-corrected chi connectivity index (χ4v) is 2.64. The van der Waals surface area contributed by atoms with Gasteiger partial charge in [0.05, 0.1) is 26.4 Å². The van der Waals surface area contributed by atoms with E-state index in [1.807, 2.05) is 36.4 Å². The van der Waals surface area contributed by atoms with Crippen LogP contribution in [0.25, 0.3) is 12.2 Å². The van der Waals surface area contributed by atoms with E-state index in [0.717, 1.165) is 28.7 Å². The van der Waals surface area contributed by atoms with Gasteiger partial charge in [0.1, 0.15) is 0 Å². The van der Waals surface area contributed by atoms with Crippen molar-refractivity contribution >= 4 is 12.2 Å². The third-order valence-electron chi connectivity index (χ3n) is 4.25. The number of nitrogens with two attached hydrogens (primary N) is 1. The summed E-state index contributed by atoms with van der Waals surface area (Å²) in [7, 11) is 0. The van der Waals surface area contributed by atoms with Crippen molar-refractivity contribution in [2.24, 2.45) is 11.7 Å². The topological polar surface area (TPSA) is 44.5 Å². The molecular formula is C23H29NO2. The van der Waals surface area contributed by atoms with Gasteiger partial charge < -0.3 is 15.2 Å². The van der Waals surface area contributed by atoms with Crippen molar-refractivity contribution in [3.05, 3.63) is 83.9 Å². The molecule has 0 saturated carbocycles. The van der Waals surface area contributed by atoms with Crippen molar-refractivity contribution in [2.45, 2.75) is 19.6 Å². The Bertz CT molecular complexity index is 604. The number of hydrogen-bond acceptors (Lipinski definition) is 3. The SMILES string of the molecule is C=Cc1ccc(COCC(CCN)COCc2ccc(C=C)cc2)cc1. The van der Waals surface area contributed by atoms with Crippen LogP contribution in [-0.2, 0) is 22.7 Å². The number of ether oxygens (including phenoxy) is 2. The largest absolute Gasteiger partial charge is 0.376 e. The number of benzene rings is 2. The van der Waals surface area contributed by atoms with Gasteiger partial charge in [0.25, 0.3) is 0 Å². The highest BCUT2D eigenvalue weighted by atomic mass is 16.5. The molecule has 2 aromatic carbocycles. The van der Waals surface area contributed by atoms with Crippen LogP contribution in [0.15, 0.2) is 61.7 Å². The summed E-state index contributed by atoms with van der Waals surface area (Å²) in [4.78, 5) is 0. The molecule has 0 aliphatic rings. The van der Waals surface area contributed by atoms with Gasteiger partial charge >= 0.3 is 0 Å². The normalized spacial score (nSPS) is 10.8. The maximum absolute atomic E-state index is 5.87. The molecule has 0 aliphatic heterocycles. The maximum atomic E-state index is 5.87. The Hall–Kier alpha value is -2.20. The first-order chi connectivity index (χ1) is 12.7. The summed E-state index contributed by atoms with van der Waals surface area (Å²) >= 11 is 0. The fraction of sp³-hybridized carbons (Fsp3) is 0.304. The van der Waals surface area contributed by atoms with Gasteiger partial charge in [0, 0.05) is 5.92 Å². The second-order valence-corrected chi connectivity index (χ2v) is 6.37. The molecule has 0 bridgehead atoms. The van der Waals surface area contributed by atoms with Crippen LogP contribution in [0.1, 0.15) is 28.7 Å². The van der Waals surface area contributed by atoms with Crippen LogP contribution >= 0.6 is 0 Å². The van der Waals surface area contributed by atoms with Crippen LogP contribution in [0.3, 0.4) is 0 Å². The van der Waals surface area contributed by atoms with E-state index in [2.05, 4.69) is 37.4 Å². The molecule has 0 heterocycles. The molecule has 0 amide bonds. The zero-order chi connectivity index (χ0) is 18.6. The zero-order valence-corrected chi connectivity index (χ0v) is 15.4. The molecule has 26 heavy (non-hydrogen) atoms. The first-order valence-corrected chi connectivity index (χ1v) is 9.03. The molecule has 0 spiro atoms. The van der Waals surface area contributed by atoms with Crippen molar-refractivity contribution in [2.75, 3.05) is 19.8 Å². The minimum absolute atomic E-state index is 0.305. The molecule has 2 aromatic rings. The summed E-state index contributed by atoms with van der Waals surface area (Å²) in [6.07, 6.45) is 4.57. The summed E-state index contributed by atoms with van der Waals surface area (Å²) in [5, 5.41) is 0. The molecular weight excluding hydrogens is 322 g/mol. The van der Waals surface area contributed by atoms with Crippen molar-refractivity contribution < 1.29 is 9.47 Å². The lowest BCUT2D eigenvalue weighted by molar-refractivity contribution is 0.0249. The zero-order valence-electron chi connectivity index (χ0n) is 15.4. The lowest BCUT2D eigenvalue weighted by Gasteiger charge is -2.17. The van der Waals surface area contributed by atoms with E-state index in [9.17, 15) is 0 Å². The predicted molar refractivity (Wildman–Crippen MR) is 110 cm³/mol. The molecule has 0 aliphatic carbocycles. The van der Waals surface area contributed by atoms with Gasteiger partial charge in [-0.25, -0.2) is 0 Å². The summed E-state index contributed by atoms with van der Waals surface area (Å²) < 4.78 is 11.7. The number of rotatable bonds is 12. The Morgan fingerprint density at radius 2 is 1.19 bits per heavy atom. The molecule has 0 radical (unpaired) electrons. The van der Waals surface area contributed by atoms with Gasteiger partial charge in [-0.1, -0.05) is 73.8 Å².